The number of aliphatic hydroxyl groups is 1. The van der Waals surface area contributed by atoms with Gasteiger partial charge in [0, 0.05) is 32.2 Å². The summed E-state index contributed by atoms with van der Waals surface area (Å²) in [6, 6.07) is 0.105. The Balaban J connectivity index is 2.18. The van der Waals surface area contributed by atoms with Crippen molar-refractivity contribution in [2.24, 2.45) is 11.8 Å². The lowest BCUT2D eigenvalue weighted by Crippen LogP contribution is -2.49. The van der Waals surface area contributed by atoms with Gasteiger partial charge in [0.2, 0.25) is 0 Å². The van der Waals surface area contributed by atoms with Crippen molar-refractivity contribution in [3.05, 3.63) is 0 Å². The number of nitrogens with zero attached hydrogens (tertiary/aromatic N) is 1. The van der Waals surface area contributed by atoms with E-state index < -0.39 is 6.10 Å². The summed E-state index contributed by atoms with van der Waals surface area (Å²) in [5.74, 6) is 0.907. The number of aliphatic hydroxyl groups excluding tert-OH is 1. The number of rotatable bonds is 7. The average molecular weight is 299 g/mol. The minimum atomic E-state index is -0.464. The zero-order valence-electron chi connectivity index (χ0n) is 14.1. The molecule has 3 N–H and O–H groups in total. The number of nitrogens with one attached hydrogen (secondary N) is 2. The van der Waals surface area contributed by atoms with Crippen molar-refractivity contribution in [1.29, 1.82) is 0 Å². The van der Waals surface area contributed by atoms with Gasteiger partial charge in [-0.25, -0.2) is 4.79 Å². The molecule has 1 aliphatic heterocycles. The monoisotopic (exact) mass is 299 g/mol. The second kappa shape index (κ2) is 9.26. The molecule has 0 radical (unpaired) electrons. The van der Waals surface area contributed by atoms with Crippen molar-refractivity contribution < 1.29 is 9.90 Å². The first-order valence-corrected chi connectivity index (χ1v) is 8.37. The van der Waals surface area contributed by atoms with E-state index in [9.17, 15) is 9.90 Å². The fourth-order valence-electron chi connectivity index (χ4n) is 2.68. The van der Waals surface area contributed by atoms with Crippen LogP contribution in [0.3, 0.4) is 0 Å². The maximum Gasteiger partial charge on any atom is 0.315 e. The molecule has 1 saturated heterocycles. The van der Waals surface area contributed by atoms with Crippen molar-refractivity contribution in [3.8, 4) is 0 Å². The lowest BCUT2D eigenvalue weighted by atomic mass is 10.0. The lowest BCUT2D eigenvalue weighted by Gasteiger charge is -2.33. The zero-order chi connectivity index (χ0) is 15.8. The molecule has 2 unspecified atom stereocenters. The van der Waals surface area contributed by atoms with E-state index in [0.717, 1.165) is 38.9 Å². The quantitative estimate of drug-likeness (QED) is 0.672. The molecule has 1 heterocycles. The van der Waals surface area contributed by atoms with Gasteiger partial charge in [-0.2, -0.15) is 0 Å². The van der Waals surface area contributed by atoms with Crippen LogP contribution in [-0.2, 0) is 0 Å². The first-order valence-electron chi connectivity index (χ1n) is 8.37. The van der Waals surface area contributed by atoms with Gasteiger partial charge < -0.3 is 20.6 Å². The van der Waals surface area contributed by atoms with Crippen LogP contribution in [0.2, 0.25) is 0 Å². The Hall–Kier alpha value is -0.810. The molecule has 1 fully saturated rings. The number of amides is 2. The van der Waals surface area contributed by atoms with E-state index in [-0.39, 0.29) is 18.0 Å². The molecule has 0 aromatic carbocycles. The molecule has 0 aromatic heterocycles. The molecule has 5 heteroatoms. The van der Waals surface area contributed by atoms with Gasteiger partial charge in [0.05, 0.1) is 6.10 Å². The molecule has 0 aliphatic carbocycles. The van der Waals surface area contributed by atoms with Crippen molar-refractivity contribution in [2.45, 2.75) is 59.1 Å². The summed E-state index contributed by atoms with van der Waals surface area (Å²) in [5, 5.41) is 15.6. The third-order valence-electron chi connectivity index (χ3n) is 4.32. The Kier molecular flexibility index (Phi) is 8.04. The standard InChI is InChI=1S/C16H33N3O2/c1-5-13(4)15(20)10-17-16(21)18-14-6-8-19(9-7-14)11-12(2)3/h12-15,20H,5-11H2,1-4H3,(H2,17,18,21). The maximum atomic E-state index is 11.8. The fraction of sp³-hybridized carbons (Fsp3) is 0.938. The van der Waals surface area contributed by atoms with E-state index in [4.69, 9.17) is 0 Å². The molecule has 0 spiro atoms. The summed E-state index contributed by atoms with van der Waals surface area (Å²) in [7, 11) is 0. The summed E-state index contributed by atoms with van der Waals surface area (Å²) in [5.41, 5.74) is 0. The molecular formula is C16H33N3O2. The Morgan fingerprint density at radius 2 is 1.90 bits per heavy atom. The van der Waals surface area contributed by atoms with E-state index in [1.807, 2.05) is 13.8 Å². The van der Waals surface area contributed by atoms with Crippen LogP contribution in [0.4, 0.5) is 4.79 Å². The summed E-state index contributed by atoms with van der Waals surface area (Å²) in [6.07, 6.45) is 2.47. The average Bonchev–Trinajstić information content (AvgIpc) is 2.45. The van der Waals surface area contributed by atoms with Gasteiger partial charge in [0.15, 0.2) is 0 Å². The highest BCUT2D eigenvalue weighted by Gasteiger charge is 2.21. The van der Waals surface area contributed by atoms with Gasteiger partial charge in [0.25, 0.3) is 0 Å². The number of urea groups is 1. The van der Waals surface area contributed by atoms with Gasteiger partial charge in [0.1, 0.15) is 0 Å². The van der Waals surface area contributed by atoms with Crippen LogP contribution in [0.1, 0.15) is 47.0 Å². The van der Waals surface area contributed by atoms with E-state index in [1.54, 1.807) is 0 Å². The van der Waals surface area contributed by atoms with Crippen molar-refractivity contribution in [2.75, 3.05) is 26.2 Å². The van der Waals surface area contributed by atoms with E-state index >= 15 is 0 Å². The Bertz CT molecular complexity index is 302. The summed E-state index contributed by atoms with van der Waals surface area (Å²) in [4.78, 5) is 14.3. The number of carbonyl (C=O) groups excluding carboxylic acids is 1. The number of carbonyl (C=O) groups is 1. The second-order valence-electron chi connectivity index (χ2n) is 6.78. The smallest absolute Gasteiger partial charge is 0.315 e. The first kappa shape index (κ1) is 18.2. The van der Waals surface area contributed by atoms with Gasteiger partial charge in [-0.3, -0.25) is 0 Å². The van der Waals surface area contributed by atoms with Gasteiger partial charge in [-0.05, 0) is 24.7 Å². The molecule has 21 heavy (non-hydrogen) atoms. The van der Waals surface area contributed by atoms with E-state index in [0.29, 0.717) is 12.5 Å². The Morgan fingerprint density at radius 1 is 1.29 bits per heavy atom. The van der Waals surface area contributed by atoms with Gasteiger partial charge in [-0.1, -0.05) is 34.1 Å². The highest BCUT2D eigenvalue weighted by Crippen LogP contribution is 2.12. The third kappa shape index (κ3) is 7.14. The molecule has 2 atom stereocenters. The van der Waals surface area contributed by atoms with Crippen molar-refractivity contribution in [1.82, 2.24) is 15.5 Å². The molecule has 0 bridgehead atoms. The van der Waals surface area contributed by atoms with Crippen LogP contribution >= 0.6 is 0 Å². The van der Waals surface area contributed by atoms with Crippen LogP contribution in [0, 0.1) is 11.8 Å². The molecule has 1 aliphatic rings. The zero-order valence-corrected chi connectivity index (χ0v) is 14.1. The second-order valence-corrected chi connectivity index (χ2v) is 6.78. The number of hydrogen-bond donors (Lipinski definition) is 3. The predicted molar refractivity (Wildman–Crippen MR) is 86.3 cm³/mol. The summed E-state index contributed by atoms with van der Waals surface area (Å²) >= 11 is 0. The van der Waals surface area contributed by atoms with Gasteiger partial charge >= 0.3 is 6.03 Å². The Labute approximate surface area is 129 Å². The number of likely N-dealkylation sites (tertiary alicyclic amines) is 1. The minimum absolute atomic E-state index is 0.153. The molecule has 0 saturated carbocycles. The molecular weight excluding hydrogens is 266 g/mol. The maximum absolute atomic E-state index is 11.8. The largest absolute Gasteiger partial charge is 0.391 e. The van der Waals surface area contributed by atoms with E-state index in [2.05, 4.69) is 29.4 Å². The number of hydrogen-bond acceptors (Lipinski definition) is 3. The molecule has 5 nitrogen and oxygen atoms in total. The summed E-state index contributed by atoms with van der Waals surface area (Å²) < 4.78 is 0. The van der Waals surface area contributed by atoms with Crippen LogP contribution in [0.15, 0.2) is 0 Å². The molecule has 1 rings (SSSR count). The SMILES string of the molecule is CCC(C)C(O)CNC(=O)NC1CCN(CC(C)C)CC1. The highest BCUT2D eigenvalue weighted by molar-refractivity contribution is 5.74. The predicted octanol–water partition coefficient (Wildman–Crippen LogP) is 1.81. The topological polar surface area (TPSA) is 64.6 Å². The lowest BCUT2D eigenvalue weighted by molar-refractivity contribution is 0.114. The van der Waals surface area contributed by atoms with Crippen LogP contribution in [0.25, 0.3) is 0 Å². The molecule has 2 amide bonds. The van der Waals surface area contributed by atoms with Crippen molar-refractivity contribution >= 4 is 6.03 Å². The summed E-state index contributed by atoms with van der Waals surface area (Å²) in [6.45, 7) is 12.1. The van der Waals surface area contributed by atoms with Crippen LogP contribution < -0.4 is 10.6 Å². The van der Waals surface area contributed by atoms with E-state index in [1.165, 1.54) is 0 Å². The third-order valence-corrected chi connectivity index (χ3v) is 4.32. The highest BCUT2D eigenvalue weighted by atomic mass is 16.3. The van der Waals surface area contributed by atoms with Gasteiger partial charge in [-0.15, -0.1) is 0 Å². The number of piperidine rings is 1. The van der Waals surface area contributed by atoms with Crippen LogP contribution in [0.5, 0.6) is 0 Å². The Morgan fingerprint density at radius 3 is 2.43 bits per heavy atom. The molecule has 124 valence electrons. The normalized spacial score (nSPS) is 20.3. The van der Waals surface area contributed by atoms with Crippen LogP contribution in [-0.4, -0.2) is 54.4 Å². The van der Waals surface area contributed by atoms with Crippen molar-refractivity contribution in [3.63, 3.8) is 0 Å². The fourth-order valence-corrected chi connectivity index (χ4v) is 2.68. The minimum Gasteiger partial charge on any atom is -0.391 e. The first-order chi connectivity index (χ1) is 9.92. The molecule has 0 aromatic rings.